The van der Waals surface area contributed by atoms with Crippen LogP contribution >= 0.6 is 12.6 Å². The lowest BCUT2D eigenvalue weighted by Gasteiger charge is -2.10. The summed E-state index contributed by atoms with van der Waals surface area (Å²) in [6, 6.07) is -0.766. The molecule has 0 fully saturated rings. The van der Waals surface area contributed by atoms with Crippen molar-refractivity contribution in [2.75, 3.05) is 6.54 Å². The molecule has 0 bridgehead atoms. The molecule has 0 aliphatic rings. The summed E-state index contributed by atoms with van der Waals surface area (Å²) in [5, 5.41) is 8.62. The fraction of sp³-hybridized carbons (Fsp3) is 0.857. The molecule has 0 radical (unpaired) electrons. The zero-order valence-corrected chi connectivity index (χ0v) is 7.83. The van der Waals surface area contributed by atoms with E-state index in [1.807, 2.05) is 0 Å². The summed E-state index contributed by atoms with van der Waals surface area (Å²) < 4.78 is 0. The average Bonchev–Trinajstić information content (AvgIpc) is 2.00. The Hall–Kier alpha value is -0.260. The highest BCUT2D eigenvalue weighted by Crippen LogP contribution is 2.09. The third-order valence-corrected chi connectivity index (χ3v) is 2.14. The molecular formula is C7H16N2O2S. The van der Waals surface area contributed by atoms with Gasteiger partial charge in [0.15, 0.2) is 0 Å². The van der Waals surface area contributed by atoms with Crippen LogP contribution in [0.15, 0.2) is 0 Å². The summed E-state index contributed by atoms with van der Waals surface area (Å²) in [5.74, 6) is -0.955. The molecule has 4 nitrogen and oxygen atoms in total. The minimum Gasteiger partial charge on any atom is -0.480 e. The third kappa shape index (κ3) is 5.40. The van der Waals surface area contributed by atoms with Crippen LogP contribution < -0.4 is 11.5 Å². The van der Waals surface area contributed by atoms with Crippen molar-refractivity contribution in [3.63, 3.8) is 0 Å². The maximum absolute atomic E-state index is 10.3. The number of thiol groups is 1. The van der Waals surface area contributed by atoms with Gasteiger partial charge in [0, 0.05) is 5.25 Å². The van der Waals surface area contributed by atoms with Crippen molar-refractivity contribution >= 4 is 18.6 Å². The molecule has 5 heteroatoms. The molecule has 0 heterocycles. The van der Waals surface area contributed by atoms with Gasteiger partial charge in [-0.3, -0.25) is 4.79 Å². The molecule has 0 aromatic rings. The number of carboxylic acids is 1. The fourth-order valence-electron chi connectivity index (χ4n) is 0.832. The molecule has 0 unspecified atom stereocenters. The van der Waals surface area contributed by atoms with Crippen LogP contribution in [0.2, 0.25) is 0 Å². The van der Waals surface area contributed by atoms with E-state index in [-0.39, 0.29) is 5.25 Å². The highest BCUT2D eigenvalue weighted by molar-refractivity contribution is 7.80. The Kier molecular flexibility index (Phi) is 6.14. The molecule has 0 aliphatic heterocycles. The predicted molar refractivity (Wildman–Crippen MR) is 51.3 cm³/mol. The Morgan fingerprint density at radius 3 is 2.42 bits per heavy atom. The van der Waals surface area contributed by atoms with Gasteiger partial charge in [0.2, 0.25) is 0 Å². The summed E-state index contributed by atoms with van der Waals surface area (Å²) in [6.07, 6.45) is 1.97. The van der Waals surface area contributed by atoms with Gasteiger partial charge in [0.25, 0.3) is 0 Å². The van der Waals surface area contributed by atoms with Crippen LogP contribution in [0.5, 0.6) is 0 Å². The Bertz CT molecular complexity index is 143. The maximum atomic E-state index is 10.3. The topological polar surface area (TPSA) is 89.3 Å². The summed E-state index contributed by atoms with van der Waals surface area (Å²) in [6.45, 7) is 0.580. The van der Waals surface area contributed by atoms with Crippen molar-refractivity contribution in [2.24, 2.45) is 11.5 Å². The van der Waals surface area contributed by atoms with E-state index in [9.17, 15) is 4.79 Å². The zero-order valence-electron chi connectivity index (χ0n) is 6.94. The Morgan fingerprint density at radius 1 is 1.42 bits per heavy atom. The van der Waals surface area contributed by atoms with E-state index < -0.39 is 12.0 Å². The number of rotatable bonds is 6. The molecule has 0 aliphatic carbocycles. The molecule has 0 saturated heterocycles. The number of carboxylic acid groups (broad SMARTS) is 1. The lowest BCUT2D eigenvalue weighted by atomic mass is 10.1. The molecule has 2 atom stereocenters. The normalized spacial score (nSPS) is 15.6. The third-order valence-electron chi connectivity index (χ3n) is 1.63. The second-order valence-electron chi connectivity index (χ2n) is 2.75. The molecule has 0 spiro atoms. The van der Waals surface area contributed by atoms with Crippen molar-refractivity contribution in [1.82, 2.24) is 0 Å². The fourth-order valence-corrected chi connectivity index (χ4v) is 1.13. The lowest BCUT2D eigenvalue weighted by molar-refractivity contribution is -0.138. The molecule has 0 aromatic heterocycles. The van der Waals surface area contributed by atoms with E-state index in [2.05, 4.69) is 12.6 Å². The first-order chi connectivity index (χ1) is 5.57. The SMILES string of the molecule is NCC[C@@H](S)CC[C@H](N)C(=O)O. The van der Waals surface area contributed by atoms with Gasteiger partial charge in [0.1, 0.15) is 6.04 Å². The second kappa shape index (κ2) is 6.28. The van der Waals surface area contributed by atoms with Gasteiger partial charge in [-0.2, -0.15) is 12.6 Å². The zero-order chi connectivity index (χ0) is 9.56. The number of hydrogen-bond acceptors (Lipinski definition) is 4. The Balaban J connectivity index is 3.46. The van der Waals surface area contributed by atoms with Crippen molar-refractivity contribution in [3.8, 4) is 0 Å². The van der Waals surface area contributed by atoms with E-state index in [4.69, 9.17) is 16.6 Å². The molecule has 72 valence electrons. The quantitative estimate of drug-likeness (QED) is 0.440. The first-order valence-corrected chi connectivity index (χ1v) is 4.46. The number of carbonyl (C=O) groups is 1. The van der Waals surface area contributed by atoms with Crippen LogP contribution in [0.3, 0.4) is 0 Å². The van der Waals surface area contributed by atoms with Crippen LogP contribution in [0.4, 0.5) is 0 Å². The van der Waals surface area contributed by atoms with Crippen LogP contribution in [-0.4, -0.2) is 28.9 Å². The van der Waals surface area contributed by atoms with Crippen molar-refractivity contribution in [2.45, 2.75) is 30.6 Å². The standard InChI is InChI=1S/C7H16N2O2S/c8-4-3-5(12)1-2-6(9)7(10)11/h5-6,12H,1-4,8-9H2,(H,10,11)/t5-,6-/m0/s1. The summed E-state index contributed by atoms with van der Waals surface area (Å²) >= 11 is 4.22. The average molecular weight is 192 g/mol. The summed E-state index contributed by atoms with van der Waals surface area (Å²) in [7, 11) is 0. The van der Waals surface area contributed by atoms with Gasteiger partial charge in [-0.05, 0) is 25.8 Å². The molecule has 0 saturated carbocycles. The predicted octanol–water partition coefficient (Wildman–Crippen LogP) is -0.174. The first kappa shape index (κ1) is 11.7. The highest BCUT2D eigenvalue weighted by Gasteiger charge is 2.12. The Morgan fingerprint density at radius 2 is 2.00 bits per heavy atom. The molecule has 12 heavy (non-hydrogen) atoms. The Labute approximate surface area is 77.7 Å². The number of nitrogens with two attached hydrogens (primary N) is 2. The number of aliphatic carboxylic acids is 1. The highest BCUT2D eigenvalue weighted by atomic mass is 32.1. The number of hydrogen-bond donors (Lipinski definition) is 4. The van der Waals surface area contributed by atoms with E-state index in [1.54, 1.807) is 0 Å². The van der Waals surface area contributed by atoms with Gasteiger partial charge in [-0.1, -0.05) is 0 Å². The maximum Gasteiger partial charge on any atom is 0.320 e. The van der Waals surface area contributed by atoms with E-state index in [1.165, 1.54) is 0 Å². The van der Waals surface area contributed by atoms with Crippen LogP contribution in [0.25, 0.3) is 0 Å². The minimum absolute atomic E-state index is 0.167. The molecule has 0 rings (SSSR count). The van der Waals surface area contributed by atoms with Crippen molar-refractivity contribution < 1.29 is 9.90 Å². The van der Waals surface area contributed by atoms with Crippen LogP contribution in [0, 0.1) is 0 Å². The van der Waals surface area contributed by atoms with E-state index >= 15 is 0 Å². The lowest BCUT2D eigenvalue weighted by Crippen LogP contribution is -2.30. The summed E-state index contributed by atoms with van der Waals surface area (Å²) in [4.78, 5) is 10.3. The first-order valence-electron chi connectivity index (χ1n) is 3.94. The largest absolute Gasteiger partial charge is 0.480 e. The van der Waals surface area contributed by atoms with Gasteiger partial charge in [-0.25, -0.2) is 0 Å². The van der Waals surface area contributed by atoms with Gasteiger partial charge in [0.05, 0.1) is 0 Å². The van der Waals surface area contributed by atoms with Crippen LogP contribution in [-0.2, 0) is 4.79 Å². The van der Waals surface area contributed by atoms with Crippen molar-refractivity contribution in [1.29, 1.82) is 0 Å². The van der Waals surface area contributed by atoms with Gasteiger partial charge in [-0.15, -0.1) is 0 Å². The second-order valence-corrected chi connectivity index (χ2v) is 3.48. The smallest absolute Gasteiger partial charge is 0.320 e. The van der Waals surface area contributed by atoms with Crippen molar-refractivity contribution in [3.05, 3.63) is 0 Å². The molecule has 0 amide bonds. The molecule has 0 aromatic carbocycles. The van der Waals surface area contributed by atoms with Gasteiger partial charge >= 0.3 is 5.97 Å². The molecular weight excluding hydrogens is 176 g/mol. The van der Waals surface area contributed by atoms with E-state index in [0.717, 1.165) is 6.42 Å². The van der Waals surface area contributed by atoms with Gasteiger partial charge < -0.3 is 16.6 Å². The summed E-state index contributed by atoms with van der Waals surface area (Å²) in [5.41, 5.74) is 10.6. The van der Waals surface area contributed by atoms with Crippen LogP contribution in [0.1, 0.15) is 19.3 Å². The minimum atomic E-state index is -0.955. The monoisotopic (exact) mass is 192 g/mol. The van der Waals surface area contributed by atoms with E-state index in [0.29, 0.717) is 19.4 Å². The molecule has 5 N–H and O–H groups in total.